The van der Waals surface area contributed by atoms with Crippen LogP contribution in [0.2, 0.25) is 0 Å². The zero-order valence-corrected chi connectivity index (χ0v) is 13.7. The summed E-state index contributed by atoms with van der Waals surface area (Å²) in [6, 6.07) is 5.92. The van der Waals surface area contributed by atoms with E-state index in [-0.39, 0.29) is 11.8 Å². The van der Waals surface area contributed by atoms with Crippen LogP contribution in [0.15, 0.2) is 43.0 Å². The molecule has 0 spiro atoms. The van der Waals surface area contributed by atoms with Gasteiger partial charge in [0.15, 0.2) is 0 Å². The first-order chi connectivity index (χ1) is 11.7. The molecule has 1 amide bonds. The van der Waals surface area contributed by atoms with Crippen LogP contribution in [0.5, 0.6) is 0 Å². The van der Waals surface area contributed by atoms with E-state index in [1.807, 2.05) is 31.3 Å². The summed E-state index contributed by atoms with van der Waals surface area (Å²) in [6.07, 6.45) is 7.47. The second-order valence-electron chi connectivity index (χ2n) is 5.91. The summed E-state index contributed by atoms with van der Waals surface area (Å²) in [5.41, 5.74) is 3.39. The predicted molar refractivity (Wildman–Crippen MR) is 93.6 cm³/mol. The van der Waals surface area contributed by atoms with Crippen molar-refractivity contribution in [3.05, 3.63) is 43.0 Å². The minimum absolute atomic E-state index is 0.0438. The van der Waals surface area contributed by atoms with Gasteiger partial charge < -0.3 is 15.0 Å². The molecule has 3 aromatic rings. The van der Waals surface area contributed by atoms with Gasteiger partial charge >= 0.3 is 0 Å². The van der Waals surface area contributed by atoms with Crippen LogP contribution < -0.4 is 5.32 Å². The van der Waals surface area contributed by atoms with Gasteiger partial charge in [0.05, 0.1) is 11.9 Å². The number of ether oxygens (including phenoxy) is 1. The molecule has 24 heavy (non-hydrogen) atoms. The number of nitrogens with one attached hydrogen (secondary N) is 2. The number of hydrogen-bond donors (Lipinski definition) is 2. The van der Waals surface area contributed by atoms with Crippen LogP contribution in [0.25, 0.3) is 22.2 Å². The summed E-state index contributed by atoms with van der Waals surface area (Å²) in [5, 5.41) is 3.93. The standard InChI is InChI=1S/C18H20N4O2/c1-12(11-24-2)5-17(23)22-16-7-15(8-19-10-16)14-6-13-3-4-20-18(13)21-9-14/h3-4,6-10,12H,5,11H2,1-2H3,(H,20,21)(H,22,23). The van der Waals surface area contributed by atoms with E-state index in [9.17, 15) is 4.79 Å². The Morgan fingerprint density at radius 1 is 1.29 bits per heavy atom. The molecule has 3 rings (SSSR count). The topological polar surface area (TPSA) is 79.9 Å². The summed E-state index contributed by atoms with van der Waals surface area (Å²) in [4.78, 5) is 23.8. The number of carbonyl (C=O) groups excluding carboxylic acids is 1. The maximum absolute atomic E-state index is 12.1. The smallest absolute Gasteiger partial charge is 0.224 e. The molecule has 0 aliphatic carbocycles. The number of H-pyrrole nitrogens is 1. The van der Waals surface area contributed by atoms with Crippen LogP contribution in [-0.4, -0.2) is 34.6 Å². The van der Waals surface area contributed by atoms with Gasteiger partial charge in [-0.05, 0) is 24.1 Å². The molecule has 2 N–H and O–H groups in total. The Morgan fingerprint density at radius 3 is 2.96 bits per heavy atom. The molecular formula is C18H20N4O2. The predicted octanol–water partition coefficient (Wildman–Crippen LogP) is 3.24. The van der Waals surface area contributed by atoms with Gasteiger partial charge in [0.2, 0.25) is 5.91 Å². The molecule has 6 nitrogen and oxygen atoms in total. The van der Waals surface area contributed by atoms with Crippen molar-refractivity contribution in [2.24, 2.45) is 5.92 Å². The van der Waals surface area contributed by atoms with Crippen LogP contribution in [0.1, 0.15) is 13.3 Å². The van der Waals surface area contributed by atoms with E-state index in [1.54, 1.807) is 25.7 Å². The molecule has 1 atom stereocenters. The molecule has 6 heteroatoms. The van der Waals surface area contributed by atoms with Gasteiger partial charge in [-0.1, -0.05) is 6.92 Å². The van der Waals surface area contributed by atoms with E-state index in [0.717, 1.165) is 22.2 Å². The molecule has 124 valence electrons. The van der Waals surface area contributed by atoms with Crippen molar-refractivity contribution >= 4 is 22.6 Å². The van der Waals surface area contributed by atoms with Crippen LogP contribution in [-0.2, 0) is 9.53 Å². The average molecular weight is 324 g/mol. The Labute approximate surface area is 140 Å². The molecule has 0 radical (unpaired) electrons. The van der Waals surface area contributed by atoms with Crippen molar-refractivity contribution in [1.29, 1.82) is 0 Å². The zero-order chi connectivity index (χ0) is 16.9. The van der Waals surface area contributed by atoms with E-state index in [4.69, 9.17) is 4.74 Å². The number of nitrogens with zero attached hydrogens (tertiary/aromatic N) is 2. The van der Waals surface area contributed by atoms with Gasteiger partial charge in [0, 0.05) is 55.2 Å². The molecular weight excluding hydrogens is 304 g/mol. The lowest BCUT2D eigenvalue weighted by Gasteiger charge is -2.11. The van der Waals surface area contributed by atoms with E-state index >= 15 is 0 Å². The summed E-state index contributed by atoms with van der Waals surface area (Å²) >= 11 is 0. The fourth-order valence-electron chi connectivity index (χ4n) is 2.64. The molecule has 0 saturated carbocycles. The van der Waals surface area contributed by atoms with Crippen molar-refractivity contribution in [2.75, 3.05) is 19.0 Å². The van der Waals surface area contributed by atoms with Gasteiger partial charge in [0.1, 0.15) is 5.65 Å². The third kappa shape index (κ3) is 3.78. The molecule has 0 fully saturated rings. The summed E-state index contributed by atoms with van der Waals surface area (Å²) < 4.78 is 5.06. The van der Waals surface area contributed by atoms with E-state index in [2.05, 4.69) is 20.3 Å². The Hall–Kier alpha value is -2.73. The molecule has 0 aliphatic heterocycles. The van der Waals surface area contributed by atoms with Gasteiger partial charge in [-0.2, -0.15) is 0 Å². The van der Waals surface area contributed by atoms with E-state index in [1.165, 1.54) is 0 Å². The van der Waals surface area contributed by atoms with Crippen LogP contribution in [0.3, 0.4) is 0 Å². The molecule has 3 aromatic heterocycles. The summed E-state index contributed by atoms with van der Waals surface area (Å²) in [7, 11) is 1.64. The number of anilines is 1. The first-order valence-electron chi connectivity index (χ1n) is 7.83. The van der Waals surface area contributed by atoms with Gasteiger partial charge in [-0.25, -0.2) is 4.98 Å². The van der Waals surface area contributed by atoms with Crippen molar-refractivity contribution in [3.63, 3.8) is 0 Å². The highest BCUT2D eigenvalue weighted by Crippen LogP contribution is 2.24. The van der Waals surface area contributed by atoms with Gasteiger partial charge in [-0.15, -0.1) is 0 Å². The number of carbonyl (C=O) groups is 1. The van der Waals surface area contributed by atoms with E-state index < -0.39 is 0 Å². The monoisotopic (exact) mass is 324 g/mol. The number of aromatic nitrogens is 3. The number of hydrogen-bond acceptors (Lipinski definition) is 4. The molecule has 3 heterocycles. The maximum atomic E-state index is 12.1. The lowest BCUT2D eigenvalue weighted by molar-refractivity contribution is -0.117. The van der Waals surface area contributed by atoms with Gasteiger partial charge in [-0.3, -0.25) is 9.78 Å². The van der Waals surface area contributed by atoms with Crippen LogP contribution >= 0.6 is 0 Å². The fraction of sp³-hybridized carbons (Fsp3) is 0.278. The number of amides is 1. The van der Waals surface area contributed by atoms with Gasteiger partial charge in [0.25, 0.3) is 0 Å². The lowest BCUT2D eigenvalue weighted by Crippen LogP contribution is -2.17. The third-order valence-electron chi connectivity index (χ3n) is 3.74. The molecule has 0 aromatic carbocycles. The maximum Gasteiger partial charge on any atom is 0.224 e. The lowest BCUT2D eigenvalue weighted by atomic mass is 10.1. The summed E-state index contributed by atoms with van der Waals surface area (Å²) in [5.74, 6) is 0.129. The van der Waals surface area contributed by atoms with Crippen molar-refractivity contribution < 1.29 is 9.53 Å². The Bertz CT molecular complexity index is 844. The molecule has 0 bridgehead atoms. The normalized spacial score (nSPS) is 12.2. The number of rotatable bonds is 6. The Morgan fingerprint density at radius 2 is 2.12 bits per heavy atom. The Balaban J connectivity index is 1.75. The highest BCUT2D eigenvalue weighted by atomic mass is 16.5. The van der Waals surface area contributed by atoms with Crippen molar-refractivity contribution in [1.82, 2.24) is 15.0 Å². The quantitative estimate of drug-likeness (QED) is 0.729. The number of aromatic amines is 1. The SMILES string of the molecule is COCC(C)CC(=O)Nc1cncc(-c2cnc3[nH]ccc3c2)c1. The zero-order valence-electron chi connectivity index (χ0n) is 13.7. The summed E-state index contributed by atoms with van der Waals surface area (Å²) in [6.45, 7) is 2.55. The van der Waals surface area contributed by atoms with Crippen molar-refractivity contribution in [2.45, 2.75) is 13.3 Å². The number of fused-ring (bicyclic) bond motifs is 1. The first kappa shape index (κ1) is 16.1. The number of methoxy groups -OCH3 is 1. The number of pyridine rings is 2. The second kappa shape index (κ2) is 7.23. The highest BCUT2D eigenvalue weighted by Gasteiger charge is 2.10. The van der Waals surface area contributed by atoms with Crippen LogP contribution in [0, 0.1) is 5.92 Å². The second-order valence-corrected chi connectivity index (χ2v) is 5.91. The largest absolute Gasteiger partial charge is 0.384 e. The fourth-order valence-corrected chi connectivity index (χ4v) is 2.64. The van der Waals surface area contributed by atoms with Crippen LogP contribution in [0.4, 0.5) is 5.69 Å². The minimum atomic E-state index is -0.0438. The molecule has 0 saturated heterocycles. The molecule has 0 aliphatic rings. The Kier molecular flexibility index (Phi) is 4.86. The first-order valence-corrected chi connectivity index (χ1v) is 7.83. The molecule has 1 unspecified atom stereocenters. The highest BCUT2D eigenvalue weighted by molar-refractivity contribution is 5.91. The minimum Gasteiger partial charge on any atom is -0.384 e. The third-order valence-corrected chi connectivity index (χ3v) is 3.74. The average Bonchev–Trinajstić information content (AvgIpc) is 3.02. The van der Waals surface area contributed by atoms with E-state index in [0.29, 0.717) is 18.7 Å². The van der Waals surface area contributed by atoms with Crippen molar-refractivity contribution in [3.8, 4) is 11.1 Å².